The maximum Gasteiger partial charge on any atom is 0.258 e. The highest BCUT2D eigenvalue weighted by Gasteiger charge is 2.19. The number of rotatable bonds is 3. The molecule has 0 unspecified atom stereocenters. The molecule has 0 saturated carbocycles. The van der Waals surface area contributed by atoms with Crippen molar-refractivity contribution in [2.24, 2.45) is 0 Å². The van der Waals surface area contributed by atoms with Crippen LogP contribution in [0.1, 0.15) is 10.4 Å². The minimum Gasteiger partial charge on any atom is -0.325 e. The Hall–Kier alpha value is -2.67. The normalized spacial score (nSPS) is 12.9. The summed E-state index contributed by atoms with van der Waals surface area (Å²) in [5, 5.41) is 3.64. The minimum absolute atomic E-state index is 0.209. The van der Waals surface area contributed by atoms with Crippen LogP contribution in [-0.4, -0.2) is 21.2 Å². The van der Waals surface area contributed by atoms with E-state index < -0.39 is 17.5 Å². The molecule has 1 N–H and O–H groups in total. The molecule has 7 heteroatoms. The number of benzene rings is 2. The number of anilines is 1. The average molecular weight is 357 g/mol. The van der Waals surface area contributed by atoms with Crippen LogP contribution in [0.25, 0.3) is 11.3 Å². The molecule has 0 fully saturated rings. The Bertz CT molecular complexity index is 949. The Morgan fingerprint density at radius 1 is 1.20 bits per heavy atom. The highest BCUT2D eigenvalue weighted by atomic mass is 32.2. The number of halogens is 2. The van der Waals surface area contributed by atoms with Gasteiger partial charge in [-0.2, -0.15) is 0 Å². The summed E-state index contributed by atoms with van der Waals surface area (Å²) in [6.07, 6.45) is 1.94. The van der Waals surface area contributed by atoms with Crippen LogP contribution in [0.4, 0.5) is 14.5 Å². The van der Waals surface area contributed by atoms with Crippen molar-refractivity contribution < 1.29 is 13.6 Å². The summed E-state index contributed by atoms with van der Waals surface area (Å²) in [5.74, 6) is -1.25. The van der Waals surface area contributed by atoms with Gasteiger partial charge in [0.2, 0.25) is 0 Å². The number of hydrogen-bond donors (Lipinski definition) is 1. The molecule has 1 aliphatic rings. The predicted octanol–water partition coefficient (Wildman–Crippen LogP) is 4.19. The number of carbonyl (C=O) groups is 1. The number of fused-ring (bicyclic) bond motifs is 1. The lowest BCUT2D eigenvalue weighted by atomic mass is 10.1. The van der Waals surface area contributed by atoms with Crippen LogP contribution in [0.3, 0.4) is 0 Å². The molecule has 4 nitrogen and oxygen atoms in total. The summed E-state index contributed by atoms with van der Waals surface area (Å²) in [7, 11) is 0. The number of aromatic nitrogens is 2. The molecule has 4 rings (SSSR count). The lowest BCUT2D eigenvalue weighted by molar-refractivity contribution is 0.102. The van der Waals surface area contributed by atoms with Gasteiger partial charge in [0.15, 0.2) is 5.16 Å². The van der Waals surface area contributed by atoms with Gasteiger partial charge in [-0.25, -0.2) is 13.8 Å². The molecule has 0 spiro atoms. The molecule has 0 atom stereocenters. The molecule has 3 aromatic rings. The molecule has 2 aromatic carbocycles. The summed E-state index contributed by atoms with van der Waals surface area (Å²) in [6, 6.07) is 10.1. The van der Waals surface area contributed by atoms with E-state index in [2.05, 4.69) is 14.9 Å². The van der Waals surface area contributed by atoms with Gasteiger partial charge in [0.1, 0.15) is 11.6 Å². The first kappa shape index (κ1) is 15.8. The fourth-order valence-electron chi connectivity index (χ4n) is 2.72. The molecule has 2 heterocycles. The second kappa shape index (κ2) is 6.33. The Balaban J connectivity index is 1.65. The van der Waals surface area contributed by atoms with Gasteiger partial charge < -0.3 is 9.88 Å². The number of nitrogens with zero attached hydrogens (tertiary/aromatic N) is 2. The number of nitrogens with one attached hydrogen (secondary N) is 1. The van der Waals surface area contributed by atoms with Crippen molar-refractivity contribution in [1.82, 2.24) is 9.55 Å². The Kier molecular flexibility index (Phi) is 4.01. The summed E-state index contributed by atoms with van der Waals surface area (Å²) in [5.41, 5.74) is 1.82. The molecule has 0 radical (unpaired) electrons. The largest absolute Gasteiger partial charge is 0.325 e. The monoisotopic (exact) mass is 357 g/mol. The number of amides is 1. The first-order chi connectivity index (χ1) is 12.1. The zero-order chi connectivity index (χ0) is 17.4. The van der Waals surface area contributed by atoms with E-state index in [0.29, 0.717) is 11.8 Å². The van der Waals surface area contributed by atoms with Crippen LogP contribution in [0.5, 0.6) is 0 Å². The van der Waals surface area contributed by atoms with Gasteiger partial charge in [0.05, 0.1) is 16.9 Å². The van der Waals surface area contributed by atoms with Crippen molar-refractivity contribution in [3.63, 3.8) is 0 Å². The maximum atomic E-state index is 13.8. The molecule has 1 aliphatic heterocycles. The number of carbonyl (C=O) groups excluding carboxylic acids is 1. The topological polar surface area (TPSA) is 46.9 Å². The highest BCUT2D eigenvalue weighted by molar-refractivity contribution is 7.99. The van der Waals surface area contributed by atoms with E-state index in [1.807, 2.05) is 18.3 Å². The lowest BCUT2D eigenvalue weighted by Crippen LogP contribution is -2.14. The molecular formula is C18H13F2N3OS. The standard InChI is InChI=1S/C18H13F2N3OS/c19-11-5-6-12(14(20)9-11)17(24)21-15-4-2-1-3-13(15)16-10-23-7-8-25-18(23)22-16/h1-6,9-10H,7-8H2,(H,21,24). The van der Waals surface area contributed by atoms with Crippen LogP contribution < -0.4 is 5.32 Å². The molecule has 126 valence electrons. The summed E-state index contributed by atoms with van der Waals surface area (Å²) in [4.78, 5) is 16.9. The quantitative estimate of drug-likeness (QED) is 0.765. The average Bonchev–Trinajstić information content (AvgIpc) is 3.16. The van der Waals surface area contributed by atoms with Crippen LogP contribution >= 0.6 is 11.8 Å². The second-order valence-corrected chi connectivity index (χ2v) is 6.64. The smallest absolute Gasteiger partial charge is 0.258 e. The van der Waals surface area contributed by atoms with Crippen LogP contribution in [0, 0.1) is 11.6 Å². The molecular weight excluding hydrogens is 344 g/mol. The summed E-state index contributed by atoms with van der Waals surface area (Å²) in [6.45, 7) is 0.905. The molecule has 25 heavy (non-hydrogen) atoms. The third-order valence-corrected chi connectivity index (χ3v) is 4.90. The number of aryl methyl sites for hydroxylation is 1. The van der Waals surface area contributed by atoms with E-state index in [-0.39, 0.29) is 5.56 Å². The second-order valence-electron chi connectivity index (χ2n) is 5.57. The predicted molar refractivity (Wildman–Crippen MR) is 92.7 cm³/mol. The van der Waals surface area contributed by atoms with Crippen LogP contribution in [0.15, 0.2) is 53.8 Å². The van der Waals surface area contributed by atoms with E-state index in [1.165, 1.54) is 0 Å². The van der Waals surface area contributed by atoms with Gasteiger partial charge >= 0.3 is 0 Å². The van der Waals surface area contributed by atoms with E-state index in [0.717, 1.165) is 40.8 Å². The fraction of sp³-hybridized carbons (Fsp3) is 0.111. The SMILES string of the molecule is O=C(Nc1ccccc1-c1cn2c(n1)SCC2)c1ccc(F)cc1F. The van der Waals surface area contributed by atoms with Crippen molar-refractivity contribution in [1.29, 1.82) is 0 Å². The maximum absolute atomic E-state index is 13.8. The highest BCUT2D eigenvalue weighted by Crippen LogP contribution is 2.32. The van der Waals surface area contributed by atoms with Crippen LogP contribution in [-0.2, 0) is 6.54 Å². The Labute approximate surface area is 146 Å². The zero-order valence-corrected chi connectivity index (χ0v) is 13.8. The minimum atomic E-state index is -0.896. The summed E-state index contributed by atoms with van der Waals surface area (Å²) >= 11 is 1.68. The van der Waals surface area contributed by atoms with Gasteiger partial charge in [0.25, 0.3) is 5.91 Å². The zero-order valence-electron chi connectivity index (χ0n) is 13.0. The van der Waals surface area contributed by atoms with Crippen molar-refractivity contribution in [2.45, 2.75) is 11.7 Å². The molecule has 0 saturated heterocycles. The number of imidazole rings is 1. The Morgan fingerprint density at radius 2 is 2.04 bits per heavy atom. The van der Waals surface area contributed by atoms with E-state index in [4.69, 9.17) is 0 Å². The Morgan fingerprint density at radius 3 is 2.84 bits per heavy atom. The van der Waals surface area contributed by atoms with Crippen molar-refractivity contribution in [3.05, 3.63) is 65.9 Å². The van der Waals surface area contributed by atoms with Gasteiger partial charge in [0, 0.05) is 30.1 Å². The number of para-hydroxylation sites is 1. The lowest BCUT2D eigenvalue weighted by Gasteiger charge is -2.10. The van der Waals surface area contributed by atoms with Gasteiger partial charge in [-0.05, 0) is 18.2 Å². The first-order valence-electron chi connectivity index (χ1n) is 7.67. The van der Waals surface area contributed by atoms with E-state index in [9.17, 15) is 13.6 Å². The number of hydrogen-bond acceptors (Lipinski definition) is 3. The fourth-order valence-corrected chi connectivity index (χ4v) is 3.66. The van der Waals surface area contributed by atoms with Gasteiger partial charge in [-0.3, -0.25) is 4.79 Å². The third-order valence-electron chi connectivity index (χ3n) is 3.93. The van der Waals surface area contributed by atoms with Gasteiger partial charge in [-0.1, -0.05) is 30.0 Å². The third kappa shape index (κ3) is 3.02. The van der Waals surface area contributed by atoms with E-state index >= 15 is 0 Å². The van der Waals surface area contributed by atoms with Crippen molar-refractivity contribution in [3.8, 4) is 11.3 Å². The van der Waals surface area contributed by atoms with Crippen LogP contribution in [0.2, 0.25) is 0 Å². The molecule has 0 bridgehead atoms. The summed E-state index contributed by atoms with van der Waals surface area (Å²) < 4.78 is 28.9. The van der Waals surface area contributed by atoms with E-state index in [1.54, 1.807) is 23.9 Å². The molecule has 0 aliphatic carbocycles. The molecule has 1 aromatic heterocycles. The van der Waals surface area contributed by atoms with Gasteiger partial charge in [-0.15, -0.1) is 0 Å². The van der Waals surface area contributed by atoms with Crippen molar-refractivity contribution in [2.75, 3.05) is 11.1 Å². The molecule has 1 amide bonds. The number of thioether (sulfide) groups is 1. The first-order valence-corrected chi connectivity index (χ1v) is 8.66. The van der Waals surface area contributed by atoms with Crippen molar-refractivity contribution >= 4 is 23.4 Å².